The normalized spacial score (nSPS) is 9.68. The molecule has 0 radical (unpaired) electrons. The Labute approximate surface area is 116 Å². The number of benzene rings is 2. The average Bonchev–Trinajstić information content (AvgIpc) is 2.40. The molecule has 0 bridgehead atoms. The van der Waals surface area contributed by atoms with Gasteiger partial charge in [0, 0.05) is 11.4 Å². The molecule has 0 saturated carbocycles. The quantitative estimate of drug-likeness (QED) is 0.834. The van der Waals surface area contributed by atoms with Crippen LogP contribution in [0.25, 0.3) is 0 Å². The number of hydrogen-bond acceptors (Lipinski definition) is 3. The summed E-state index contributed by atoms with van der Waals surface area (Å²) in [6.45, 7) is 0. The van der Waals surface area contributed by atoms with E-state index in [4.69, 9.17) is 12.2 Å². The smallest absolute Gasteiger partial charge is 0.175 e. The Morgan fingerprint density at radius 3 is 2.26 bits per heavy atom. The summed E-state index contributed by atoms with van der Waals surface area (Å²) in [6, 6.07) is 15.7. The molecule has 2 N–H and O–H groups in total. The maximum Gasteiger partial charge on any atom is 0.175 e. The monoisotopic (exact) mass is 271 g/mol. The zero-order chi connectivity index (χ0) is 13.7. The van der Waals surface area contributed by atoms with Crippen LogP contribution in [0.5, 0.6) is 0 Å². The highest BCUT2D eigenvalue weighted by atomic mass is 32.1. The summed E-state index contributed by atoms with van der Waals surface area (Å²) in [5, 5.41) is 17.0. The highest BCUT2D eigenvalue weighted by molar-refractivity contribution is 7.80. The summed E-state index contributed by atoms with van der Waals surface area (Å²) in [4.78, 5) is 10.7. The van der Waals surface area contributed by atoms with Crippen LogP contribution in [-0.4, -0.2) is 11.1 Å². The number of hydrogen-bond donors (Lipinski definition) is 2. The Kier molecular flexibility index (Phi) is 4.10. The van der Waals surface area contributed by atoms with Gasteiger partial charge in [-0.2, -0.15) is 0 Å². The molecule has 0 unspecified atom stereocenters. The fourth-order valence-electron chi connectivity index (χ4n) is 1.54. The van der Waals surface area contributed by atoms with Gasteiger partial charge in [0.25, 0.3) is 0 Å². The van der Waals surface area contributed by atoms with Crippen molar-refractivity contribution in [1.29, 1.82) is 0 Å². The number of thiocarbonyl (C=S) groups is 1. The SMILES string of the molecule is O=C([O-])c1cccc(NC(=S)Nc2ccccc2)c1. The summed E-state index contributed by atoms with van der Waals surface area (Å²) in [5.41, 5.74) is 1.55. The average molecular weight is 271 g/mol. The van der Waals surface area contributed by atoms with Crippen LogP contribution in [0.4, 0.5) is 11.4 Å². The summed E-state index contributed by atoms with van der Waals surface area (Å²) in [5.74, 6) is -1.22. The lowest BCUT2D eigenvalue weighted by Gasteiger charge is -2.11. The van der Waals surface area contributed by atoms with E-state index < -0.39 is 5.97 Å². The first-order valence-electron chi connectivity index (χ1n) is 5.59. The first kappa shape index (κ1) is 13.0. The molecule has 2 aromatic carbocycles. The number of aromatic carboxylic acids is 1. The summed E-state index contributed by atoms with van der Waals surface area (Å²) < 4.78 is 0. The Bertz CT molecular complexity index is 599. The van der Waals surface area contributed by atoms with E-state index in [-0.39, 0.29) is 5.56 Å². The van der Waals surface area contributed by atoms with Gasteiger partial charge >= 0.3 is 0 Å². The molecule has 0 heterocycles. The zero-order valence-corrected chi connectivity index (χ0v) is 10.7. The number of anilines is 2. The fraction of sp³-hybridized carbons (Fsp3) is 0. The fourth-order valence-corrected chi connectivity index (χ4v) is 1.77. The van der Waals surface area contributed by atoms with E-state index in [2.05, 4.69) is 10.6 Å². The number of carbonyl (C=O) groups is 1. The van der Waals surface area contributed by atoms with Gasteiger partial charge in [-0.25, -0.2) is 0 Å². The summed E-state index contributed by atoms with van der Waals surface area (Å²) in [7, 11) is 0. The molecule has 0 saturated heterocycles. The molecule has 19 heavy (non-hydrogen) atoms. The minimum absolute atomic E-state index is 0.104. The molecule has 0 amide bonds. The predicted octanol–water partition coefficient (Wildman–Crippen LogP) is 1.86. The van der Waals surface area contributed by atoms with E-state index >= 15 is 0 Å². The minimum Gasteiger partial charge on any atom is -0.545 e. The Balaban J connectivity index is 2.03. The third-order valence-corrected chi connectivity index (χ3v) is 2.59. The molecule has 0 atom stereocenters. The van der Waals surface area contributed by atoms with Crippen LogP contribution in [0.15, 0.2) is 54.6 Å². The maximum absolute atomic E-state index is 10.7. The number of carboxylic acid groups (broad SMARTS) is 1. The lowest BCUT2D eigenvalue weighted by Crippen LogP contribution is -2.23. The number of carbonyl (C=O) groups excluding carboxylic acids is 1. The second kappa shape index (κ2) is 5.97. The van der Waals surface area contributed by atoms with E-state index in [9.17, 15) is 9.90 Å². The molecular weight excluding hydrogens is 260 g/mol. The standard InChI is InChI=1S/C14H12N2O2S/c17-13(18)10-5-4-8-12(9-10)16-14(19)15-11-6-2-1-3-7-11/h1-9H,(H,17,18)(H2,15,16,19)/p-1. The zero-order valence-electron chi connectivity index (χ0n) is 9.92. The van der Waals surface area contributed by atoms with Crippen LogP contribution in [0.2, 0.25) is 0 Å². The van der Waals surface area contributed by atoms with Crippen LogP contribution < -0.4 is 15.7 Å². The highest BCUT2D eigenvalue weighted by Gasteiger charge is 2.00. The third-order valence-electron chi connectivity index (χ3n) is 2.39. The van der Waals surface area contributed by atoms with Gasteiger partial charge in [0.1, 0.15) is 0 Å². The first-order chi connectivity index (χ1) is 9.15. The van der Waals surface area contributed by atoms with Crippen molar-refractivity contribution in [2.45, 2.75) is 0 Å². The van der Waals surface area contributed by atoms with Crippen molar-refractivity contribution in [3.8, 4) is 0 Å². The molecule has 0 aliphatic carbocycles. The van der Waals surface area contributed by atoms with Crippen molar-refractivity contribution in [3.63, 3.8) is 0 Å². The molecule has 2 aromatic rings. The van der Waals surface area contributed by atoms with E-state index in [1.807, 2.05) is 30.3 Å². The molecule has 0 aliphatic heterocycles. The lowest BCUT2D eigenvalue weighted by atomic mass is 10.2. The van der Waals surface area contributed by atoms with Gasteiger partial charge < -0.3 is 20.5 Å². The molecule has 4 nitrogen and oxygen atoms in total. The van der Waals surface area contributed by atoms with Crippen molar-refractivity contribution in [2.24, 2.45) is 0 Å². The number of rotatable bonds is 3. The predicted molar refractivity (Wildman–Crippen MR) is 77.1 cm³/mol. The first-order valence-corrected chi connectivity index (χ1v) is 6.00. The number of nitrogens with one attached hydrogen (secondary N) is 2. The molecule has 5 heteroatoms. The Hall–Kier alpha value is -2.40. The lowest BCUT2D eigenvalue weighted by molar-refractivity contribution is -0.255. The topological polar surface area (TPSA) is 64.2 Å². The Morgan fingerprint density at radius 2 is 1.58 bits per heavy atom. The third kappa shape index (κ3) is 3.79. The van der Waals surface area contributed by atoms with Gasteiger partial charge in [0.05, 0.1) is 5.97 Å². The molecule has 0 spiro atoms. The molecule has 96 valence electrons. The van der Waals surface area contributed by atoms with Crippen molar-refractivity contribution >= 4 is 34.7 Å². The maximum atomic E-state index is 10.7. The van der Waals surface area contributed by atoms with E-state index in [0.717, 1.165) is 5.69 Å². The van der Waals surface area contributed by atoms with Crippen molar-refractivity contribution in [1.82, 2.24) is 0 Å². The van der Waals surface area contributed by atoms with Gasteiger partial charge in [0.15, 0.2) is 5.11 Å². The van der Waals surface area contributed by atoms with Crippen LogP contribution in [-0.2, 0) is 0 Å². The molecule has 2 rings (SSSR count). The van der Waals surface area contributed by atoms with Gasteiger partial charge in [-0.05, 0) is 42.0 Å². The largest absolute Gasteiger partial charge is 0.545 e. The molecule has 0 aromatic heterocycles. The number of carboxylic acids is 1. The van der Waals surface area contributed by atoms with E-state index in [1.54, 1.807) is 12.1 Å². The summed E-state index contributed by atoms with van der Waals surface area (Å²) >= 11 is 5.14. The number of para-hydroxylation sites is 1. The second-order valence-corrected chi connectivity index (χ2v) is 4.22. The van der Waals surface area contributed by atoms with Gasteiger partial charge in [-0.15, -0.1) is 0 Å². The van der Waals surface area contributed by atoms with Crippen LogP contribution in [0, 0.1) is 0 Å². The van der Waals surface area contributed by atoms with E-state index in [1.165, 1.54) is 12.1 Å². The van der Waals surface area contributed by atoms with Gasteiger partial charge in [-0.3, -0.25) is 0 Å². The van der Waals surface area contributed by atoms with E-state index in [0.29, 0.717) is 10.8 Å². The van der Waals surface area contributed by atoms with Crippen molar-refractivity contribution in [3.05, 3.63) is 60.2 Å². The minimum atomic E-state index is -1.22. The van der Waals surface area contributed by atoms with Crippen LogP contribution in [0.1, 0.15) is 10.4 Å². The van der Waals surface area contributed by atoms with Gasteiger partial charge in [0.2, 0.25) is 0 Å². The second-order valence-electron chi connectivity index (χ2n) is 3.81. The van der Waals surface area contributed by atoms with Crippen LogP contribution >= 0.6 is 12.2 Å². The van der Waals surface area contributed by atoms with Crippen LogP contribution in [0.3, 0.4) is 0 Å². The van der Waals surface area contributed by atoms with Crippen molar-refractivity contribution < 1.29 is 9.90 Å². The van der Waals surface area contributed by atoms with Gasteiger partial charge in [-0.1, -0.05) is 30.3 Å². The highest BCUT2D eigenvalue weighted by Crippen LogP contribution is 2.11. The summed E-state index contributed by atoms with van der Waals surface area (Å²) in [6.07, 6.45) is 0. The molecular formula is C14H11N2O2S-. The molecule has 0 aliphatic rings. The molecule has 0 fully saturated rings. The van der Waals surface area contributed by atoms with Crippen molar-refractivity contribution in [2.75, 3.05) is 10.6 Å². The Morgan fingerprint density at radius 1 is 0.947 bits per heavy atom.